The Balaban J connectivity index is 1.44. The van der Waals surface area contributed by atoms with E-state index in [1.165, 1.54) is 0 Å². The molecule has 7 nitrogen and oxygen atoms in total. The van der Waals surface area contributed by atoms with Gasteiger partial charge >= 0.3 is 0 Å². The minimum atomic E-state index is -0.644. The minimum absolute atomic E-state index is 0.0157. The lowest BCUT2D eigenvalue weighted by molar-refractivity contribution is -0.204. The van der Waals surface area contributed by atoms with Crippen LogP contribution in [0.15, 0.2) is 5.16 Å². The fourth-order valence-electron chi connectivity index (χ4n) is 8.30. The fraction of sp³-hybridized carbons (Fsp3) is 0.917. The van der Waals surface area contributed by atoms with Crippen molar-refractivity contribution < 1.29 is 25.0 Å². The number of Topliss-reactive ketones (excluding diaryl/α,β-unsaturated/α-hetero) is 1. The van der Waals surface area contributed by atoms with E-state index in [2.05, 4.69) is 17.4 Å². The predicted molar refractivity (Wildman–Crippen MR) is 115 cm³/mol. The summed E-state index contributed by atoms with van der Waals surface area (Å²) >= 11 is 0. The van der Waals surface area contributed by atoms with E-state index >= 15 is 0 Å². The normalized spacial score (nSPS) is 50.8. The summed E-state index contributed by atoms with van der Waals surface area (Å²) in [7, 11) is 0. The van der Waals surface area contributed by atoms with Crippen LogP contribution in [-0.4, -0.2) is 65.3 Å². The van der Waals surface area contributed by atoms with E-state index in [-0.39, 0.29) is 59.7 Å². The van der Waals surface area contributed by atoms with Gasteiger partial charge in [-0.25, -0.2) is 0 Å². The third kappa shape index (κ3) is 3.22. The molecule has 1 heterocycles. The number of fused-ring (bicyclic) bond motifs is 5. The molecule has 1 aliphatic heterocycles. The van der Waals surface area contributed by atoms with Crippen LogP contribution >= 0.6 is 0 Å². The van der Waals surface area contributed by atoms with E-state index in [0.29, 0.717) is 18.6 Å². The summed E-state index contributed by atoms with van der Waals surface area (Å²) in [5, 5.41) is 40.4. The van der Waals surface area contributed by atoms with Crippen molar-refractivity contribution in [3.63, 3.8) is 0 Å². The van der Waals surface area contributed by atoms with E-state index in [1.54, 1.807) is 0 Å². The van der Waals surface area contributed by atoms with Gasteiger partial charge in [-0.15, -0.1) is 0 Å². The smallest absolute Gasteiger partial charge is 0.141 e. The standard InChI is InChI=1S/C24H38N2O5/c1-23-7-5-18-21(17(23)2-3-20(23)29)22(30)16(12-27)19-10-14(4-8-24(18,19)13-28)26-31-15-6-9-25-11-15/h15-19,21-22,25,27-28,30H,2-13H2,1H3/t15?,16-,17?,18?,19?,21?,22-,23+,24+/m1/s1. The Morgan fingerprint density at radius 3 is 2.68 bits per heavy atom. The van der Waals surface area contributed by atoms with Crippen molar-refractivity contribution >= 4 is 11.5 Å². The molecule has 4 aliphatic carbocycles. The molecular formula is C24H38N2O5. The molecule has 5 unspecified atom stereocenters. The van der Waals surface area contributed by atoms with Gasteiger partial charge in [0.05, 0.1) is 11.8 Å². The number of rotatable bonds is 4. The first-order valence-electron chi connectivity index (χ1n) is 12.3. The van der Waals surface area contributed by atoms with Gasteiger partial charge in [-0.1, -0.05) is 12.1 Å². The molecule has 0 amide bonds. The molecule has 0 spiro atoms. The van der Waals surface area contributed by atoms with Crippen molar-refractivity contribution in [1.29, 1.82) is 0 Å². The average Bonchev–Trinajstić information content (AvgIpc) is 3.40. The molecule has 0 aromatic heterocycles. The third-order valence-electron chi connectivity index (χ3n) is 10.1. The van der Waals surface area contributed by atoms with Gasteiger partial charge in [-0.2, -0.15) is 0 Å². The molecule has 0 bridgehead atoms. The zero-order chi connectivity index (χ0) is 21.8. The van der Waals surface area contributed by atoms with E-state index in [9.17, 15) is 20.1 Å². The number of nitrogens with zero attached hydrogens (tertiary/aromatic N) is 1. The highest BCUT2D eigenvalue weighted by molar-refractivity contribution is 5.87. The maximum atomic E-state index is 12.7. The first kappa shape index (κ1) is 21.8. The third-order valence-corrected chi connectivity index (χ3v) is 10.1. The maximum Gasteiger partial charge on any atom is 0.141 e. The van der Waals surface area contributed by atoms with Crippen LogP contribution in [0.1, 0.15) is 58.3 Å². The number of nitrogens with one attached hydrogen (secondary N) is 1. The van der Waals surface area contributed by atoms with Gasteiger partial charge in [-0.05, 0) is 68.7 Å². The quantitative estimate of drug-likeness (QED) is 0.499. The summed E-state index contributed by atoms with van der Waals surface area (Å²) in [6, 6.07) is 0. The summed E-state index contributed by atoms with van der Waals surface area (Å²) in [6.07, 6.45) is 5.82. The molecule has 174 valence electrons. The van der Waals surface area contributed by atoms with E-state index in [1.807, 2.05) is 0 Å². The van der Waals surface area contributed by atoms with Crippen molar-refractivity contribution in [3.05, 3.63) is 0 Å². The van der Waals surface area contributed by atoms with Crippen LogP contribution in [0.4, 0.5) is 0 Å². The van der Waals surface area contributed by atoms with Crippen molar-refractivity contribution in [2.75, 3.05) is 26.3 Å². The van der Waals surface area contributed by atoms with Gasteiger partial charge in [0, 0.05) is 49.3 Å². The molecule has 4 saturated carbocycles. The van der Waals surface area contributed by atoms with E-state index < -0.39 is 6.10 Å². The van der Waals surface area contributed by atoms with Crippen LogP contribution in [0, 0.1) is 40.4 Å². The molecule has 0 radical (unpaired) electrons. The van der Waals surface area contributed by atoms with Crippen molar-refractivity contribution in [1.82, 2.24) is 5.32 Å². The van der Waals surface area contributed by atoms with Crippen LogP contribution < -0.4 is 5.32 Å². The van der Waals surface area contributed by atoms with Crippen LogP contribution in [0.3, 0.4) is 0 Å². The number of aliphatic hydroxyl groups is 3. The topological polar surface area (TPSA) is 111 Å². The second-order valence-electron chi connectivity index (χ2n) is 11.1. The molecule has 5 rings (SSSR count). The number of aliphatic hydroxyl groups excluding tert-OH is 3. The highest BCUT2D eigenvalue weighted by Gasteiger charge is 2.66. The first-order chi connectivity index (χ1) is 14.9. The molecule has 9 atom stereocenters. The zero-order valence-electron chi connectivity index (χ0n) is 18.6. The molecule has 31 heavy (non-hydrogen) atoms. The Morgan fingerprint density at radius 1 is 1.13 bits per heavy atom. The lowest BCUT2D eigenvalue weighted by Crippen LogP contribution is -2.64. The molecule has 1 saturated heterocycles. The van der Waals surface area contributed by atoms with Gasteiger partial charge < -0.3 is 25.5 Å². The molecule has 7 heteroatoms. The van der Waals surface area contributed by atoms with Crippen LogP contribution in [0.5, 0.6) is 0 Å². The molecule has 5 aliphatic rings. The first-order valence-corrected chi connectivity index (χ1v) is 12.3. The van der Waals surface area contributed by atoms with Gasteiger partial charge in [-0.3, -0.25) is 4.79 Å². The van der Waals surface area contributed by atoms with Gasteiger partial charge in [0.2, 0.25) is 0 Å². The monoisotopic (exact) mass is 434 g/mol. The summed E-state index contributed by atoms with van der Waals surface area (Å²) in [4.78, 5) is 18.5. The molecule has 0 aromatic rings. The fourth-order valence-corrected chi connectivity index (χ4v) is 8.30. The lowest BCUT2D eigenvalue weighted by atomic mass is 9.42. The second-order valence-corrected chi connectivity index (χ2v) is 11.1. The maximum absolute atomic E-state index is 12.7. The molecule has 5 fully saturated rings. The number of oxime groups is 1. The zero-order valence-corrected chi connectivity index (χ0v) is 18.6. The lowest BCUT2D eigenvalue weighted by Gasteiger charge is -2.63. The predicted octanol–water partition coefficient (Wildman–Crippen LogP) is 1.49. The summed E-state index contributed by atoms with van der Waals surface area (Å²) in [5.74, 6) is 0.333. The summed E-state index contributed by atoms with van der Waals surface area (Å²) < 4.78 is 0. The van der Waals surface area contributed by atoms with Crippen LogP contribution in [0.25, 0.3) is 0 Å². The van der Waals surface area contributed by atoms with Gasteiger partial charge in [0.1, 0.15) is 11.9 Å². The highest BCUT2D eigenvalue weighted by atomic mass is 16.6. The van der Waals surface area contributed by atoms with Crippen LogP contribution in [-0.2, 0) is 9.63 Å². The number of carbonyl (C=O) groups excluding carboxylic acids is 1. The summed E-state index contributed by atoms with van der Waals surface area (Å²) in [6.45, 7) is 3.83. The number of hydrogen-bond donors (Lipinski definition) is 4. The SMILES string of the molecule is C[C@]12CCC3C(C1CCC2=O)[C@H](O)[C@H](CO)C1CC(=NOC2CCNC2)CC[C@]31CO. The van der Waals surface area contributed by atoms with Gasteiger partial charge in [0.15, 0.2) is 0 Å². The number of hydrogen-bond acceptors (Lipinski definition) is 7. The Morgan fingerprint density at radius 2 is 1.97 bits per heavy atom. The van der Waals surface area contributed by atoms with Crippen molar-refractivity contribution in [3.8, 4) is 0 Å². The highest BCUT2D eigenvalue weighted by Crippen LogP contribution is 2.66. The summed E-state index contributed by atoms with van der Waals surface area (Å²) in [5.41, 5.74) is 0.315. The molecule has 4 N–H and O–H groups in total. The van der Waals surface area contributed by atoms with E-state index in [0.717, 1.165) is 57.3 Å². The largest absolute Gasteiger partial charge is 0.396 e. The van der Waals surface area contributed by atoms with E-state index in [4.69, 9.17) is 4.84 Å². The molecule has 0 aromatic carbocycles. The van der Waals surface area contributed by atoms with Gasteiger partial charge in [0.25, 0.3) is 0 Å². The van der Waals surface area contributed by atoms with Crippen LogP contribution in [0.2, 0.25) is 0 Å². The van der Waals surface area contributed by atoms with Crippen molar-refractivity contribution in [2.45, 2.75) is 70.5 Å². The number of ketones is 1. The second kappa shape index (κ2) is 8.08. The average molecular weight is 435 g/mol. The Labute approximate surface area is 184 Å². The number of carbonyl (C=O) groups is 1. The Bertz CT molecular complexity index is 737. The molecular weight excluding hydrogens is 396 g/mol. The Hall–Kier alpha value is -1.02. The Kier molecular flexibility index (Phi) is 5.69. The van der Waals surface area contributed by atoms with Crippen molar-refractivity contribution in [2.24, 2.45) is 45.6 Å². The minimum Gasteiger partial charge on any atom is -0.396 e.